The molecule has 134 valence electrons. The summed E-state index contributed by atoms with van der Waals surface area (Å²) in [7, 11) is 0. The lowest BCUT2D eigenvalue weighted by molar-refractivity contribution is 0.328. The Labute approximate surface area is 158 Å². The van der Waals surface area contributed by atoms with Gasteiger partial charge in [0.05, 0.1) is 17.5 Å². The Morgan fingerprint density at radius 3 is 2.59 bits per heavy atom. The zero-order valence-corrected chi connectivity index (χ0v) is 15.2. The molecule has 1 fully saturated rings. The minimum atomic E-state index is 0.624. The van der Waals surface area contributed by atoms with Gasteiger partial charge in [0.1, 0.15) is 0 Å². The third-order valence-electron chi connectivity index (χ3n) is 5.48. The second kappa shape index (κ2) is 6.97. The first kappa shape index (κ1) is 16.2. The zero-order valence-electron chi connectivity index (χ0n) is 15.2. The van der Waals surface area contributed by atoms with Crippen molar-refractivity contribution in [3.8, 4) is 11.3 Å². The number of likely N-dealkylation sites (tertiary alicyclic amines) is 1. The standard InChI is InChI=1S/C23H22N4/c1-3-7-17(8-4-1)19-11-12-27(14-19)15-20-13-21(18-9-5-2-6-10-18)26-23-22(20)24-16-25-23/h1-10,13,16,19H,11-12,14-15H2,(H,24,25,26). The van der Waals surface area contributed by atoms with E-state index in [9.17, 15) is 0 Å². The second-order valence-corrected chi connectivity index (χ2v) is 7.27. The molecule has 27 heavy (non-hydrogen) atoms. The average Bonchev–Trinajstić information content (AvgIpc) is 3.39. The minimum Gasteiger partial charge on any atom is -0.343 e. The predicted molar refractivity (Wildman–Crippen MR) is 108 cm³/mol. The third-order valence-corrected chi connectivity index (χ3v) is 5.48. The quantitative estimate of drug-likeness (QED) is 0.582. The molecule has 1 unspecified atom stereocenters. The molecule has 5 rings (SSSR count). The van der Waals surface area contributed by atoms with Gasteiger partial charge in [-0.25, -0.2) is 9.97 Å². The molecule has 2 aromatic heterocycles. The fourth-order valence-electron chi connectivity index (χ4n) is 4.09. The number of benzene rings is 2. The van der Waals surface area contributed by atoms with E-state index in [1.54, 1.807) is 6.33 Å². The lowest BCUT2D eigenvalue weighted by Gasteiger charge is -2.17. The van der Waals surface area contributed by atoms with Gasteiger partial charge >= 0.3 is 0 Å². The number of fused-ring (bicyclic) bond motifs is 1. The molecule has 0 aliphatic carbocycles. The molecule has 0 saturated carbocycles. The van der Waals surface area contributed by atoms with E-state index in [0.29, 0.717) is 5.92 Å². The number of nitrogens with one attached hydrogen (secondary N) is 1. The maximum Gasteiger partial charge on any atom is 0.178 e. The van der Waals surface area contributed by atoms with Crippen molar-refractivity contribution < 1.29 is 0 Å². The summed E-state index contributed by atoms with van der Waals surface area (Å²) in [6.45, 7) is 3.14. The molecule has 4 nitrogen and oxygen atoms in total. The van der Waals surface area contributed by atoms with Crippen molar-refractivity contribution in [2.24, 2.45) is 0 Å². The number of aromatic amines is 1. The van der Waals surface area contributed by atoms with Crippen molar-refractivity contribution in [1.29, 1.82) is 0 Å². The Hall–Kier alpha value is -2.98. The lowest BCUT2D eigenvalue weighted by atomic mass is 9.99. The van der Waals surface area contributed by atoms with Crippen LogP contribution in [0.15, 0.2) is 73.1 Å². The summed E-state index contributed by atoms with van der Waals surface area (Å²) in [6.07, 6.45) is 2.96. The fraction of sp³-hybridized carbons (Fsp3) is 0.217. The molecule has 1 N–H and O–H groups in total. The third kappa shape index (κ3) is 3.24. The van der Waals surface area contributed by atoms with E-state index < -0.39 is 0 Å². The van der Waals surface area contributed by atoms with Crippen molar-refractivity contribution in [2.45, 2.75) is 18.9 Å². The fourth-order valence-corrected chi connectivity index (χ4v) is 4.09. The van der Waals surface area contributed by atoms with Crippen LogP contribution in [0.3, 0.4) is 0 Å². The lowest BCUT2D eigenvalue weighted by Crippen LogP contribution is -2.20. The topological polar surface area (TPSA) is 44.8 Å². The molecule has 1 saturated heterocycles. The number of imidazole rings is 1. The molecule has 2 aromatic carbocycles. The molecular formula is C23H22N4. The molecule has 3 heterocycles. The van der Waals surface area contributed by atoms with Gasteiger partial charge in [-0.2, -0.15) is 0 Å². The molecule has 4 aromatic rings. The monoisotopic (exact) mass is 354 g/mol. The highest BCUT2D eigenvalue weighted by molar-refractivity contribution is 5.78. The smallest absolute Gasteiger partial charge is 0.178 e. The second-order valence-electron chi connectivity index (χ2n) is 7.27. The van der Waals surface area contributed by atoms with Crippen LogP contribution in [0.1, 0.15) is 23.5 Å². The van der Waals surface area contributed by atoms with Gasteiger partial charge in [-0.15, -0.1) is 0 Å². The Morgan fingerprint density at radius 2 is 1.78 bits per heavy atom. The molecule has 4 heteroatoms. The summed E-state index contributed by atoms with van der Waals surface area (Å²) in [6, 6.07) is 23.4. The summed E-state index contributed by atoms with van der Waals surface area (Å²) in [5.74, 6) is 0.624. The summed E-state index contributed by atoms with van der Waals surface area (Å²) < 4.78 is 0. The minimum absolute atomic E-state index is 0.624. The van der Waals surface area contributed by atoms with Crippen molar-refractivity contribution >= 4 is 11.2 Å². The summed E-state index contributed by atoms with van der Waals surface area (Å²) in [4.78, 5) is 15.0. The molecule has 0 spiro atoms. The number of H-pyrrole nitrogens is 1. The number of hydrogen-bond acceptors (Lipinski definition) is 3. The van der Waals surface area contributed by atoms with Crippen molar-refractivity contribution in [2.75, 3.05) is 13.1 Å². The number of nitrogens with zero attached hydrogens (tertiary/aromatic N) is 3. The molecule has 0 amide bonds. The highest BCUT2D eigenvalue weighted by Gasteiger charge is 2.24. The van der Waals surface area contributed by atoms with Crippen LogP contribution in [0.25, 0.3) is 22.4 Å². The SMILES string of the molecule is c1ccc(-c2cc(CN3CCC(c4ccccc4)C3)c3[nH]cnc3n2)cc1. The molecule has 0 bridgehead atoms. The highest BCUT2D eigenvalue weighted by atomic mass is 15.1. The van der Waals surface area contributed by atoms with E-state index in [4.69, 9.17) is 4.98 Å². The van der Waals surface area contributed by atoms with E-state index >= 15 is 0 Å². The zero-order chi connectivity index (χ0) is 18.1. The Balaban J connectivity index is 1.43. The van der Waals surface area contributed by atoms with Crippen LogP contribution in [0.5, 0.6) is 0 Å². The normalized spacial score (nSPS) is 17.6. The summed E-state index contributed by atoms with van der Waals surface area (Å²) >= 11 is 0. The van der Waals surface area contributed by atoms with Gasteiger partial charge in [0.15, 0.2) is 5.65 Å². The van der Waals surface area contributed by atoms with Crippen LogP contribution < -0.4 is 0 Å². The largest absolute Gasteiger partial charge is 0.343 e. The van der Waals surface area contributed by atoms with Gasteiger partial charge in [0.2, 0.25) is 0 Å². The van der Waals surface area contributed by atoms with Gasteiger partial charge in [0.25, 0.3) is 0 Å². The van der Waals surface area contributed by atoms with Crippen molar-refractivity contribution in [1.82, 2.24) is 19.9 Å². The molecular weight excluding hydrogens is 332 g/mol. The van der Waals surface area contributed by atoms with Crippen molar-refractivity contribution in [3.63, 3.8) is 0 Å². The Kier molecular flexibility index (Phi) is 4.18. The van der Waals surface area contributed by atoms with E-state index in [1.807, 2.05) is 6.07 Å². The van der Waals surface area contributed by atoms with E-state index in [2.05, 4.69) is 75.5 Å². The highest BCUT2D eigenvalue weighted by Crippen LogP contribution is 2.30. The summed E-state index contributed by atoms with van der Waals surface area (Å²) in [5, 5.41) is 0. The van der Waals surface area contributed by atoms with E-state index in [1.165, 1.54) is 17.5 Å². The van der Waals surface area contributed by atoms with Crippen LogP contribution >= 0.6 is 0 Å². The van der Waals surface area contributed by atoms with Crippen LogP contribution in [-0.4, -0.2) is 32.9 Å². The first-order chi connectivity index (χ1) is 13.4. The number of hydrogen-bond donors (Lipinski definition) is 1. The maximum atomic E-state index is 4.74. The Bertz CT molecular complexity index is 1040. The average molecular weight is 354 g/mol. The first-order valence-corrected chi connectivity index (χ1v) is 9.52. The van der Waals surface area contributed by atoms with Gasteiger partial charge < -0.3 is 4.98 Å². The van der Waals surface area contributed by atoms with Crippen molar-refractivity contribution in [3.05, 3.63) is 84.2 Å². The van der Waals surface area contributed by atoms with Crippen LogP contribution in [-0.2, 0) is 6.54 Å². The number of rotatable bonds is 4. The van der Waals surface area contributed by atoms with Gasteiger partial charge in [-0.1, -0.05) is 60.7 Å². The molecule has 1 aliphatic rings. The maximum absolute atomic E-state index is 4.74. The van der Waals surface area contributed by atoms with Crippen LogP contribution in [0.4, 0.5) is 0 Å². The van der Waals surface area contributed by atoms with Gasteiger partial charge in [-0.05, 0) is 36.1 Å². The van der Waals surface area contributed by atoms with Crippen LogP contribution in [0, 0.1) is 0 Å². The van der Waals surface area contributed by atoms with E-state index in [-0.39, 0.29) is 0 Å². The first-order valence-electron chi connectivity index (χ1n) is 9.52. The molecule has 0 radical (unpaired) electrons. The molecule has 1 atom stereocenters. The molecule has 1 aliphatic heterocycles. The van der Waals surface area contributed by atoms with E-state index in [0.717, 1.165) is 42.1 Å². The number of aromatic nitrogens is 3. The predicted octanol–water partition coefficient (Wildman–Crippen LogP) is 4.61. The van der Waals surface area contributed by atoms with Gasteiger partial charge in [-0.3, -0.25) is 4.90 Å². The Morgan fingerprint density at radius 1 is 1.00 bits per heavy atom. The van der Waals surface area contributed by atoms with Crippen LogP contribution in [0.2, 0.25) is 0 Å². The summed E-state index contributed by atoms with van der Waals surface area (Å²) in [5.41, 5.74) is 6.69. The number of pyridine rings is 1. The van der Waals surface area contributed by atoms with Gasteiger partial charge in [0, 0.05) is 18.7 Å².